The number of ether oxygens (including phenoxy) is 2. The van der Waals surface area contributed by atoms with Crippen molar-refractivity contribution in [1.82, 2.24) is 5.32 Å². The molecule has 0 unspecified atom stereocenters. The second kappa shape index (κ2) is 8.06. The van der Waals surface area contributed by atoms with Crippen molar-refractivity contribution in [3.63, 3.8) is 0 Å². The van der Waals surface area contributed by atoms with Gasteiger partial charge in [-0.25, -0.2) is 0 Å². The molecule has 2 aromatic rings. The number of hydrogen-bond donors (Lipinski definition) is 1. The third kappa shape index (κ3) is 4.32. The zero-order valence-electron chi connectivity index (χ0n) is 14.9. The van der Waals surface area contributed by atoms with E-state index >= 15 is 0 Å². The normalized spacial score (nSPS) is 14.3. The topological polar surface area (TPSA) is 47.6 Å². The first-order valence-electron chi connectivity index (χ1n) is 8.84. The molecule has 1 atom stereocenters. The predicted octanol–water partition coefficient (Wildman–Crippen LogP) is 3.83. The Morgan fingerprint density at radius 3 is 2.64 bits per heavy atom. The van der Waals surface area contributed by atoms with Gasteiger partial charge in [-0.2, -0.15) is 0 Å². The quantitative estimate of drug-likeness (QED) is 0.870. The van der Waals surface area contributed by atoms with Gasteiger partial charge in [0.15, 0.2) is 6.61 Å². The third-order valence-electron chi connectivity index (χ3n) is 4.71. The molecule has 0 aliphatic heterocycles. The highest BCUT2D eigenvalue weighted by atomic mass is 16.5. The first-order valence-corrected chi connectivity index (χ1v) is 8.84. The molecule has 0 spiro atoms. The van der Waals surface area contributed by atoms with Crippen LogP contribution in [-0.2, 0) is 17.6 Å². The maximum Gasteiger partial charge on any atom is 0.258 e. The van der Waals surface area contributed by atoms with Gasteiger partial charge in [-0.1, -0.05) is 24.3 Å². The van der Waals surface area contributed by atoms with E-state index in [4.69, 9.17) is 9.47 Å². The second-order valence-electron chi connectivity index (χ2n) is 6.45. The van der Waals surface area contributed by atoms with Crippen LogP contribution in [0.25, 0.3) is 0 Å². The molecule has 0 saturated carbocycles. The number of amides is 1. The van der Waals surface area contributed by atoms with E-state index < -0.39 is 0 Å². The molecule has 0 fully saturated rings. The standard InChI is InChI=1S/C21H25NO3/c1-15(16-10-12-18(24-2)13-11-16)22-21(23)14-25-20-9-5-7-17-6-3-4-8-19(17)20/h5,7,9-13,15H,3-4,6,8,14H2,1-2H3,(H,22,23)/t15-/m1/s1. The fraction of sp³-hybridized carbons (Fsp3) is 0.381. The minimum atomic E-state index is -0.114. The molecule has 25 heavy (non-hydrogen) atoms. The smallest absolute Gasteiger partial charge is 0.258 e. The van der Waals surface area contributed by atoms with E-state index in [9.17, 15) is 4.79 Å². The average molecular weight is 339 g/mol. The minimum absolute atomic E-state index is 0.0386. The lowest BCUT2D eigenvalue weighted by atomic mass is 9.91. The highest BCUT2D eigenvalue weighted by Crippen LogP contribution is 2.29. The van der Waals surface area contributed by atoms with Crippen molar-refractivity contribution in [2.45, 2.75) is 38.6 Å². The van der Waals surface area contributed by atoms with Crippen LogP contribution in [-0.4, -0.2) is 19.6 Å². The molecule has 0 aromatic heterocycles. The van der Waals surface area contributed by atoms with Gasteiger partial charge < -0.3 is 14.8 Å². The molecule has 0 bridgehead atoms. The Labute approximate surface area is 149 Å². The largest absolute Gasteiger partial charge is 0.497 e. The van der Waals surface area contributed by atoms with E-state index in [1.807, 2.05) is 43.3 Å². The minimum Gasteiger partial charge on any atom is -0.497 e. The van der Waals surface area contributed by atoms with E-state index in [0.717, 1.165) is 29.9 Å². The molecule has 2 aromatic carbocycles. The highest BCUT2D eigenvalue weighted by Gasteiger charge is 2.15. The van der Waals surface area contributed by atoms with E-state index in [1.54, 1.807) is 7.11 Å². The van der Waals surface area contributed by atoms with Gasteiger partial charge in [-0.3, -0.25) is 4.79 Å². The van der Waals surface area contributed by atoms with E-state index in [2.05, 4.69) is 11.4 Å². The van der Waals surface area contributed by atoms with Gasteiger partial charge in [0, 0.05) is 0 Å². The molecule has 132 valence electrons. The number of carbonyl (C=O) groups is 1. The van der Waals surface area contributed by atoms with Crippen molar-refractivity contribution in [3.05, 3.63) is 59.2 Å². The zero-order valence-corrected chi connectivity index (χ0v) is 14.9. The van der Waals surface area contributed by atoms with Crippen LogP contribution >= 0.6 is 0 Å². The molecule has 1 N–H and O–H groups in total. The van der Waals surface area contributed by atoms with Crippen LogP contribution < -0.4 is 14.8 Å². The molecular weight excluding hydrogens is 314 g/mol. The summed E-state index contributed by atoms with van der Waals surface area (Å²) in [6.07, 6.45) is 4.56. The van der Waals surface area contributed by atoms with E-state index in [-0.39, 0.29) is 18.6 Å². The van der Waals surface area contributed by atoms with E-state index in [1.165, 1.54) is 24.0 Å². The number of hydrogen-bond acceptors (Lipinski definition) is 3. The molecule has 4 heteroatoms. The van der Waals surface area contributed by atoms with Crippen LogP contribution in [0.5, 0.6) is 11.5 Å². The molecule has 0 heterocycles. The summed E-state index contributed by atoms with van der Waals surface area (Å²) < 4.78 is 11.0. The number of nitrogens with one attached hydrogen (secondary N) is 1. The Kier molecular flexibility index (Phi) is 5.59. The maximum absolute atomic E-state index is 12.2. The Hall–Kier alpha value is -2.49. The number of fused-ring (bicyclic) bond motifs is 1. The van der Waals surface area contributed by atoms with Crippen LogP contribution in [0.15, 0.2) is 42.5 Å². The van der Waals surface area contributed by atoms with Crippen LogP contribution in [0.2, 0.25) is 0 Å². The summed E-state index contributed by atoms with van der Waals surface area (Å²) in [4.78, 5) is 12.2. The summed E-state index contributed by atoms with van der Waals surface area (Å²) in [7, 11) is 1.64. The first kappa shape index (κ1) is 17.3. The van der Waals surface area contributed by atoms with Crippen LogP contribution in [0.4, 0.5) is 0 Å². The molecule has 0 radical (unpaired) electrons. The molecule has 4 nitrogen and oxygen atoms in total. The second-order valence-corrected chi connectivity index (χ2v) is 6.45. The predicted molar refractivity (Wildman–Crippen MR) is 98.1 cm³/mol. The van der Waals surface area contributed by atoms with Crippen molar-refractivity contribution in [2.75, 3.05) is 13.7 Å². The molecule has 1 aliphatic carbocycles. The fourth-order valence-corrected chi connectivity index (χ4v) is 3.28. The van der Waals surface area contributed by atoms with Gasteiger partial charge in [-0.05, 0) is 67.5 Å². The van der Waals surface area contributed by atoms with Crippen molar-refractivity contribution in [1.29, 1.82) is 0 Å². The summed E-state index contributed by atoms with van der Waals surface area (Å²) >= 11 is 0. The number of methoxy groups -OCH3 is 1. The van der Waals surface area contributed by atoms with Crippen LogP contribution in [0, 0.1) is 0 Å². The maximum atomic E-state index is 12.2. The van der Waals surface area contributed by atoms with Gasteiger partial charge in [0.05, 0.1) is 13.2 Å². The summed E-state index contributed by atoms with van der Waals surface area (Å²) in [6, 6.07) is 13.8. The number of carbonyl (C=O) groups excluding carboxylic acids is 1. The molecule has 1 amide bonds. The summed E-state index contributed by atoms with van der Waals surface area (Å²) in [5.74, 6) is 1.54. The van der Waals surface area contributed by atoms with Crippen molar-refractivity contribution in [3.8, 4) is 11.5 Å². The first-order chi connectivity index (χ1) is 12.2. The monoisotopic (exact) mass is 339 g/mol. The lowest BCUT2D eigenvalue weighted by molar-refractivity contribution is -0.123. The van der Waals surface area contributed by atoms with Crippen molar-refractivity contribution in [2.24, 2.45) is 0 Å². The third-order valence-corrected chi connectivity index (χ3v) is 4.71. The SMILES string of the molecule is COc1ccc([C@@H](C)NC(=O)COc2cccc3c2CCCC3)cc1. The van der Waals surface area contributed by atoms with Crippen LogP contribution in [0.1, 0.15) is 42.5 Å². The van der Waals surface area contributed by atoms with Crippen molar-refractivity contribution >= 4 is 5.91 Å². The summed E-state index contributed by atoms with van der Waals surface area (Å²) in [5, 5.41) is 2.98. The van der Waals surface area contributed by atoms with E-state index in [0.29, 0.717) is 0 Å². The average Bonchev–Trinajstić information content (AvgIpc) is 2.66. The molecule has 1 aliphatic rings. The van der Waals surface area contributed by atoms with Crippen molar-refractivity contribution < 1.29 is 14.3 Å². The Morgan fingerprint density at radius 2 is 1.88 bits per heavy atom. The summed E-state index contributed by atoms with van der Waals surface area (Å²) in [5.41, 5.74) is 3.66. The van der Waals surface area contributed by atoms with Gasteiger partial charge in [0.2, 0.25) is 0 Å². The zero-order chi connectivity index (χ0) is 17.6. The number of aryl methyl sites for hydroxylation is 1. The number of benzene rings is 2. The fourth-order valence-electron chi connectivity index (χ4n) is 3.28. The molecule has 3 rings (SSSR count). The van der Waals surface area contributed by atoms with Crippen LogP contribution in [0.3, 0.4) is 0 Å². The Bertz CT molecular complexity index is 724. The number of rotatable bonds is 6. The Balaban J connectivity index is 1.56. The molecule has 0 saturated heterocycles. The lowest BCUT2D eigenvalue weighted by Crippen LogP contribution is -2.31. The highest BCUT2D eigenvalue weighted by molar-refractivity contribution is 5.78. The lowest BCUT2D eigenvalue weighted by Gasteiger charge is -2.20. The molecular formula is C21H25NO3. The summed E-state index contributed by atoms with van der Waals surface area (Å²) in [6.45, 7) is 2.00. The Morgan fingerprint density at radius 1 is 1.12 bits per heavy atom. The van der Waals surface area contributed by atoms with Gasteiger partial charge in [0.1, 0.15) is 11.5 Å². The van der Waals surface area contributed by atoms with Gasteiger partial charge >= 0.3 is 0 Å². The van der Waals surface area contributed by atoms with Gasteiger partial charge in [0.25, 0.3) is 5.91 Å². The van der Waals surface area contributed by atoms with Gasteiger partial charge in [-0.15, -0.1) is 0 Å².